The lowest BCUT2D eigenvalue weighted by Crippen LogP contribution is -1.98. The summed E-state index contributed by atoms with van der Waals surface area (Å²) in [5.74, 6) is 1.72. The zero-order valence-corrected chi connectivity index (χ0v) is 10.1. The molecule has 0 bridgehead atoms. The topological polar surface area (TPSA) is 18.5 Å². The summed E-state index contributed by atoms with van der Waals surface area (Å²) in [6, 6.07) is 5.90. The molecule has 0 heterocycles. The largest absolute Gasteiger partial charge is 0.497 e. The highest BCUT2D eigenvalue weighted by molar-refractivity contribution is 9.09. The van der Waals surface area contributed by atoms with E-state index in [0.717, 1.165) is 35.4 Å². The second-order valence-corrected chi connectivity index (χ2v) is 3.87. The summed E-state index contributed by atoms with van der Waals surface area (Å²) >= 11 is 3.36. The Morgan fingerprint density at radius 1 is 1.21 bits per heavy atom. The molecule has 0 radical (unpaired) electrons. The standard InChI is InChI=1S/C11H15BrO2/c1-9-6-10(13-2)8-11(7-9)14-5-3-4-12/h6-8H,3-5H2,1-2H3. The molecule has 14 heavy (non-hydrogen) atoms. The summed E-state index contributed by atoms with van der Waals surface area (Å²) in [6.45, 7) is 2.76. The number of hydrogen-bond donors (Lipinski definition) is 0. The van der Waals surface area contributed by atoms with Crippen molar-refractivity contribution in [2.75, 3.05) is 19.0 Å². The van der Waals surface area contributed by atoms with Crippen LogP contribution in [0.1, 0.15) is 12.0 Å². The van der Waals surface area contributed by atoms with Crippen LogP contribution in [0.5, 0.6) is 11.5 Å². The van der Waals surface area contributed by atoms with Gasteiger partial charge in [-0.2, -0.15) is 0 Å². The lowest BCUT2D eigenvalue weighted by molar-refractivity contribution is 0.316. The van der Waals surface area contributed by atoms with Crippen molar-refractivity contribution in [3.63, 3.8) is 0 Å². The van der Waals surface area contributed by atoms with Gasteiger partial charge in [0.1, 0.15) is 11.5 Å². The van der Waals surface area contributed by atoms with Crippen LogP contribution < -0.4 is 9.47 Å². The Labute approximate surface area is 93.4 Å². The van der Waals surface area contributed by atoms with Gasteiger partial charge < -0.3 is 9.47 Å². The van der Waals surface area contributed by atoms with Crippen molar-refractivity contribution in [1.29, 1.82) is 0 Å². The minimum Gasteiger partial charge on any atom is -0.497 e. The molecule has 0 aliphatic heterocycles. The zero-order valence-electron chi connectivity index (χ0n) is 8.55. The van der Waals surface area contributed by atoms with Gasteiger partial charge in [0.15, 0.2) is 0 Å². The van der Waals surface area contributed by atoms with E-state index in [9.17, 15) is 0 Å². The third-order valence-electron chi connectivity index (χ3n) is 1.81. The first-order valence-corrected chi connectivity index (χ1v) is 5.73. The smallest absolute Gasteiger partial charge is 0.123 e. The highest BCUT2D eigenvalue weighted by atomic mass is 79.9. The summed E-state index contributed by atoms with van der Waals surface area (Å²) in [6.07, 6.45) is 1.01. The lowest BCUT2D eigenvalue weighted by Gasteiger charge is -2.08. The maximum absolute atomic E-state index is 5.56. The van der Waals surface area contributed by atoms with E-state index in [4.69, 9.17) is 9.47 Å². The summed E-state index contributed by atoms with van der Waals surface area (Å²) in [4.78, 5) is 0. The predicted octanol–water partition coefficient (Wildman–Crippen LogP) is 3.17. The summed E-state index contributed by atoms with van der Waals surface area (Å²) in [5.41, 5.74) is 1.15. The van der Waals surface area contributed by atoms with Gasteiger partial charge in [-0.25, -0.2) is 0 Å². The fourth-order valence-electron chi connectivity index (χ4n) is 1.16. The molecule has 0 spiro atoms. The summed E-state index contributed by atoms with van der Waals surface area (Å²) in [7, 11) is 1.66. The number of aryl methyl sites for hydroxylation is 1. The van der Waals surface area contributed by atoms with Crippen molar-refractivity contribution in [2.45, 2.75) is 13.3 Å². The molecule has 0 atom stereocenters. The van der Waals surface area contributed by atoms with Crippen molar-refractivity contribution < 1.29 is 9.47 Å². The van der Waals surface area contributed by atoms with Gasteiger partial charge in [-0.3, -0.25) is 0 Å². The monoisotopic (exact) mass is 258 g/mol. The first-order valence-electron chi connectivity index (χ1n) is 4.60. The van der Waals surface area contributed by atoms with Crippen LogP contribution in [-0.2, 0) is 0 Å². The Bertz CT molecular complexity index is 287. The average molecular weight is 259 g/mol. The van der Waals surface area contributed by atoms with E-state index in [-0.39, 0.29) is 0 Å². The molecule has 1 rings (SSSR count). The van der Waals surface area contributed by atoms with Gasteiger partial charge >= 0.3 is 0 Å². The van der Waals surface area contributed by atoms with E-state index in [2.05, 4.69) is 15.9 Å². The van der Waals surface area contributed by atoms with E-state index < -0.39 is 0 Å². The lowest BCUT2D eigenvalue weighted by atomic mass is 10.2. The Morgan fingerprint density at radius 2 is 1.93 bits per heavy atom. The number of alkyl halides is 1. The van der Waals surface area contributed by atoms with E-state index in [1.165, 1.54) is 0 Å². The summed E-state index contributed by atoms with van der Waals surface area (Å²) < 4.78 is 10.7. The molecule has 0 N–H and O–H groups in total. The maximum Gasteiger partial charge on any atom is 0.123 e. The quantitative estimate of drug-likeness (QED) is 0.597. The molecule has 0 aliphatic rings. The number of rotatable bonds is 5. The Morgan fingerprint density at radius 3 is 2.57 bits per heavy atom. The van der Waals surface area contributed by atoms with Gasteiger partial charge in [0.2, 0.25) is 0 Å². The van der Waals surface area contributed by atoms with E-state index in [0.29, 0.717) is 0 Å². The predicted molar refractivity (Wildman–Crippen MR) is 61.6 cm³/mol. The molecular weight excluding hydrogens is 244 g/mol. The van der Waals surface area contributed by atoms with E-state index >= 15 is 0 Å². The molecule has 0 saturated heterocycles. The van der Waals surface area contributed by atoms with Gasteiger partial charge in [0.25, 0.3) is 0 Å². The molecule has 0 fully saturated rings. The number of methoxy groups -OCH3 is 1. The number of benzene rings is 1. The molecule has 3 heteroatoms. The molecule has 0 unspecified atom stereocenters. The molecule has 0 amide bonds. The van der Waals surface area contributed by atoms with Gasteiger partial charge in [0.05, 0.1) is 13.7 Å². The summed E-state index contributed by atoms with van der Waals surface area (Å²) in [5, 5.41) is 0.968. The molecule has 0 saturated carbocycles. The molecule has 78 valence electrons. The minimum atomic E-state index is 0.734. The van der Waals surface area contributed by atoms with E-state index in [1.807, 2.05) is 25.1 Å². The Kier molecular flexibility index (Phi) is 4.80. The average Bonchev–Trinajstić information content (AvgIpc) is 2.17. The van der Waals surface area contributed by atoms with Crippen LogP contribution in [0.15, 0.2) is 18.2 Å². The first-order chi connectivity index (χ1) is 6.76. The molecule has 0 aliphatic carbocycles. The van der Waals surface area contributed by atoms with E-state index in [1.54, 1.807) is 7.11 Å². The second kappa shape index (κ2) is 5.91. The Balaban J connectivity index is 2.62. The highest BCUT2D eigenvalue weighted by Gasteiger charge is 1.99. The minimum absolute atomic E-state index is 0.734. The number of ether oxygens (including phenoxy) is 2. The highest BCUT2D eigenvalue weighted by Crippen LogP contribution is 2.22. The van der Waals surface area contributed by atoms with Crippen LogP contribution in [0.3, 0.4) is 0 Å². The first kappa shape index (κ1) is 11.4. The van der Waals surface area contributed by atoms with Crippen LogP contribution in [-0.4, -0.2) is 19.0 Å². The molecule has 2 nitrogen and oxygen atoms in total. The SMILES string of the molecule is COc1cc(C)cc(OCCCBr)c1. The zero-order chi connectivity index (χ0) is 10.4. The number of hydrogen-bond acceptors (Lipinski definition) is 2. The Hall–Kier alpha value is -0.700. The molecule has 0 aromatic heterocycles. The molecular formula is C11H15BrO2. The van der Waals surface area contributed by atoms with Crippen LogP contribution in [0.4, 0.5) is 0 Å². The van der Waals surface area contributed by atoms with Crippen molar-refractivity contribution in [3.8, 4) is 11.5 Å². The maximum atomic E-state index is 5.56. The van der Waals surface area contributed by atoms with Crippen LogP contribution in [0.2, 0.25) is 0 Å². The van der Waals surface area contributed by atoms with Crippen LogP contribution in [0.25, 0.3) is 0 Å². The molecule has 1 aromatic carbocycles. The second-order valence-electron chi connectivity index (χ2n) is 3.08. The normalized spacial score (nSPS) is 9.93. The third kappa shape index (κ3) is 3.58. The van der Waals surface area contributed by atoms with Gasteiger partial charge in [-0.1, -0.05) is 15.9 Å². The van der Waals surface area contributed by atoms with Crippen LogP contribution >= 0.6 is 15.9 Å². The van der Waals surface area contributed by atoms with Gasteiger partial charge in [0, 0.05) is 11.4 Å². The van der Waals surface area contributed by atoms with Crippen LogP contribution in [0, 0.1) is 6.92 Å². The fourth-order valence-corrected chi connectivity index (χ4v) is 1.39. The fraction of sp³-hybridized carbons (Fsp3) is 0.455. The van der Waals surface area contributed by atoms with Gasteiger partial charge in [-0.05, 0) is 31.0 Å². The molecule has 1 aromatic rings. The third-order valence-corrected chi connectivity index (χ3v) is 2.37. The van der Waals surface area contributed by atoms with Crippen molar-refractivity contribution in [1.82, 2.24) is 0 Å². The number of halogens is 1. The van der Waals surface area contributed by atoms with Gasteiger partial charge in [-0.15, -0.1) is 0 Å². The van der Waals surface area contributed by atoms with Crippen molar-refractivity contribution >= 4 is 15.9 Å². The van der Waals surface area contributed by atoms with Crippen molar-refractivity contribution in [2.24, 2.45) is 0 Å². The van der Waals surface area contributed by atoms with Crippen molar-refractivity contribution in [3.05, 3.63) is 23.8 Å².